The third-order valence-electron chi connectivity index (χ3n) is 4.01. The molecular weight excluding hydrogens is 306 g/mol. The molecule has 0 amide bonds. The van der Waals surface area contributed by atoms with Gasteiger partial charge in [0.15, 0.2) is 0 Å². The fourth-order valence-electron chi connectivity index (χ4n) is 2.84. The topological polar surface area (TPSA) is 21.1 Å². The van der Waals surface area contributed by atoms with E-state index in [4.69, 9.17) is 17.1 Å². The van der Waals surface area contributed by atoms with Gasteiger partial charge in [0, 0.05) is 11.5 Å². The van der Waals surface area contributed by atoms with E-state index in [1.54, 1.807) is 41.3 Å². The number of imidazole rings is 1. The van der Waals surface area contributed by atoms with E-state index in [1.165, 1.54) is 4.57 Å². The smallest absolute Gasteiger partial charge is 0.124 e. The lowest BCUT2D eigenvalue weighted by atomic mass is 10.2. The Bertz CT molecular complexity index is 963. The van der Waals surface area contributed by atoms with Crippen LogP contribution in [0.3, 0.4) is 0 Å². The summed E-state index contributed by atoms with van der Waals surface area (Å²) >= 11 is 5.96. The number of halogens is 1. The van der Waals surface area contributed by atoms with E-state index in [9.17, 15) is 0 Å². The highest BCUT2D eigenvalue weighted by Gasteiger charge is 2.17. The van der Waals surface area contributed by atoms with Gasteiger partial charge < -0.3 is 4.57 Å². The Hall–Kier alpha value is -1.84. The summed E-state index contributed by atoms with van der Waals surface area (Å²) in [6.07, 6.45) is 1.87. The summed E-state index contributed by atoms with van der Waals surface area (Å²) in [5.74, 6) is 0.0885. The van der Waals surface area contributed by atoms with Gasteiger partial charge in [0.05, 0.1) is 23.0 Å². The van der Waals surface area contributed by atoms with Crippen molar-refractivity contribution in [1.82, 2.24) is 14.5 Å². The predicted octanol–water partition coefficient (Wildman–Crippen LogP) is 4.33. The van der Waals surface area contributed by atoms with Crippen molar-refractivity contribution >= 4 is 22.6 Å². The van der Waals surface area contributed by atoms with Crippen molar-refractivity contribution in [3.8, 4) is 0 Å². The summed E-state index contributed by atoms with van der Waals surface area (Å²) in [6.45, 7) is -2.57. The van der Waals surface area contributed by atoms with Crippen molar-refractivity contribution in [2.75, 3.05) is 13.1 Å². The number of likely N-dealkylation sites (tertiary alicyclic amines) is 1. The van der Waals surface area contributed by atoms with Crippen LogP contribution < -0.4 is 0 Å². The standard InChI is InChI=1S/C19H20ClN3/c20-16-9-7-15(8-10-16)13-23-18-6-2-1-5-17(18)21-19(23)14-22-11-3-4-12-22/h1-2,5-10H,3-4,11-14H2/i13D2,14D2. The van der Waals surface area contributed by atoms with Gasteiger partial charge in [-0.05, 0) is 55.8 Å². The van der Waals surface area contributed by atoms with Crippen LogP contribution in [-0.4, -0.2) is 27.5 Å². The molecule has 0 aliphatic carbocycles. The monoisotopic (exact) mass is 329 g/mol. The highest BCUT2D eigenvalue weighted by molar-refractivity contribution is 6.30. The van der Waals surface area contributed by atoms with Crippen molar-refractivity contribution in [2.24, 2.45) is 0 Å². The first kappa shape index (κ1) is 10.8. The molecule has 0 N–H and O–H groups in total. The molecule has 1 saturated heterocycles. The molecule has 0 atom stereocenters. The Morgan fingerprint density at radius 2 is 1.74 bits per heavy atom. The molecule has 1 aliphatic heterocycles. The second-order valence-corrected chi connectivity index (χ2v) is 6.12. The molecule has 4 rings (SSSR count). The van der Waals surface area contributed by atoms with Gasteiger partial charge in [0.25, 0.3) is 0 Å². The third-order valence-corrected chi connectivity index (χ3v) is 4.26. The predicted molar refractivity (Wildman–Crippen MR) is 94.8 cm³/mol. The van der Waals surface area contributed by atoms with Crippen LogP contribution >= 0.6 is 11.6 Å². The van der Waals surface area contributed by atoms with Gasteiger partial charge in [-0.25, -0.2) is 4.98 Å². The molecule has 1 aliphatic rings. The van der Waals surface area contributed by atoms with Crippen molar-refractivity contribution in [3.63, 3.8) is 0 Å². The average molecular weight is 330 g/mol. The van der Waals surface area contributed by atoms with Crippen LogP contribution in [-0.2, 0) is 13.0 Å². The molecule has 23 heavy (non-hydrogen) atoms. The molecule has 0 spiro atoms. The summed E-state index contributed by atoms with van der Waals surface area (Å²) in [7, 11) is 0. The van der Waals surface area contributed by atoms with Crippen molar-refractivity contribution in [2.45, 2.75) is 25.8 Å². The normalized spacial score (nSPS) is 19.3. The Balaban J connectivity index is 1.94. The minimum absolute atomic E-state index is 0.0885. The molecular formula is C19H20ClN3. The second kappa shape index (κ2) is 6.34. The van der Waals surface area contributed by atoms with Crippen LogP contribution in [0.15, 0.2) is 48.5 Å². The van der Waals surface area contributed by atoms with Gasteiger partial charge in [-0.2, -0.15) is 0 Å². The Kier molecular flexibility index (Phi) is 2.99. The largest absolute Gasteiger partial charge is 0.322 e. The average Bonchev–Trinajstić information content (AvgIpc) is 3.30. The summed E-state index contributed by atoms with van der Waals surface area (Å²) in [6, 6.07) is 13.7. The second-order valence-electron chi connectivity index (χ2n) is 5.68. The number of aromatic nitrogens is 2. The van der Waals surface area contributed by atoms with Gasteiger partial charge in [0.1, 0.15) is 5.82 Å². The quantitative estimate of drug-likeness (QED) is 0.710. The lowest BCUT2D eigenvalue weighted by molar-refractivity contribution is 0.318. The Labute approximate surface area is 147 Å². The molecule has 118 valence electrons. The van der Waals surface area contributed by atoms with E-state index in [-0.39, 0.29) is 5.82 Å². The molecule has 0 saturated carbocycles. The SMILES string of the molecule is [2H]C([2H])(c1nc2ccccc2n1C([2H])([2H])c1ccc(Cl)cc1)N1CCCC1. The first-order chi connectivity index (χ1) is 12.8. The maximum Gasteiger partial charge on any atom is 0.124 e. The number of rotatable bonds is 4. The third kappa shape index (κ3) is 3.12. The van der Waals surface area contributed by atoms with Crippen molar-refractivity contribution < 1.29 is 5.48 Å². The Morgan fingerprint density at radius 1 is 1.00 bits per heavy atom. The molecule has 2 heterocycles. The van der Waals surface area contributed by atoms with Gasteiger partial charge >= 0.3 is 0 Å². The van der Waals surface area contributed by atoms with E-state index in [0.29, 0.717) is 34.7 Å². The molecule has 0 unspecified atom stereocenters. The summed E-state index contributed by atoms with van der Waals surface area (Å²) in [5.41, 5.74) is 1.54. The number of para-hydroxylation sites is 2. The molecule has 3 aromatic rings. The molecule has 3 nitrogen and oxygen atoms in total. The summed E-state index contributed by atoms with van der Waals surface area (Å²) in [4.78, 5) is 6.26. The number of nitrogens with zero attached hydrogens (tertiary/aromatic N) is 3. The fourth-order valence-corrected chi connectivity index (χ4v) is 2.96. The first-order valence-corrected chi connectivity index (χ1v) is 8.19. The van der Waals surface area contributed by atoms with Crippen molar-refractivity contribution in [3.05, 3.63) is 64.9 Å². The zero-order valence-corrected chi connectivity index (χ0v) is 13.4. The molecule has 0 bridgehead atoms. The molecule has 1 fully saturated rings. The minimum atomic E-state index is -1.98. The van der Waals surface area contributed by atoms with Crippen LogP contribution in [0.2, 0.25) is 5.02 Å². The first-order valence-electron chi connectivity index (χ1n) is 9.81. The van der Waals surface area contributed by atoms with Crippen LogP contribution in [0.4, 0.5) is 0 Å². The lowest BCUT2D eigenvalue weighted by Crippen LogP contribution is -2.21. The van der Waals surface area contributed by atoms with Crippen LogP contribution in [0.25, 0.3) is 11.0 Å². The molecule has 4 heteroatoms. The van der Waals surface area contributed by atoms with Gasteiger partial charge in [0.2, 0.25) is 0 Å². The van der Waals surface area contributed by atoms with E-state index in [2.05, 4.69) is 4.98 Å². The van der Waals surface area contributed by atoms with Crippen molar-refractivity contribution in [1.29, 1.82) is 0 Å². The molecule has 2 aromatic carbocycles. The van der Waals surface area contributed by atoms with Crippen LogP contribution in [0.5, 0.6) is 0 Å². The molecule has 0 radical (unpaired) electrons. The van der Waals surface area contributed by atoms with E-state index in [1.807, 2.05) is 12.1 Å². The zero-order valence-electron chi connectivity index (χ0n) is 16.7. The lowest BCUT2D eigenvalue weighted by Gasteiger charge is -2.16. The number of hydrogen-bond acceptors (Lipinski definition) is 2. The summed E-state index contributed by atoms with van der Waals surface area (Å²) in [5, 5.41) is 0.526. The number of fused-ring (bicyclic) bond motifs is 1. The van der Waals surface area contributed by atoms with Gasteiger partial charge in [-0.1, -0.05) is 35.9 Å². The van der Waals surface area contributed by atoms with Crippen LogP contribution in [0, 0.1) is 0 Å². The Morgan fingerprint density at radius 3 is 2.52 bits per heavy atom. The fraction of sp³-hybridized carbons (Fsp3) is 0.316. The minimum Gasteiger partial charge on any atom is -0.322 e. The van der Waals surface area contributed by atoms with E-state index in [0.717, 1.165) is 12.8 Å². The maximum atomic E-state index is 8.83. The van der Waals surface area contributed by atoms with E-state index < -0.39 is 13.0 Å². The van der Waals surface area contributed by atoms with E-state index >= 15 is 0 Å². The summed E-state index contributed by atoms with van der Waals surface area (Å²) < 4.78 is 36.5. The highest BCUT2D eigenvalue weighted by Crippen LogP contribution is 2.21. The van der Waals surface area contributed by atoms with Gasteiger partial charge in [-0.15, -0.1) is 0 Å². The van der Waals surface area contributed by atoms with Gasteiger partial charge in [-0.3, -0.25) is 4.90 Å². The zero-order chi connectivity index (χ0) is 19.2. The maximum absolute atomic E-state index is 8.83. The highest BCUT2D eigenvalue weighted by atomic mass is 35.5. The molecule has 1 aromatic heterocycles. The van der Waals surface area contributed by atoms with Crippen LogP contribution in [0.1, 0.15) is 29.7 Å². The number of benzene rings is 2. The number of hydrogen-bond donors (Lipinski definition) is 0.